The van der Waals surface area contributed by atoms with E-state index in [9.17, 15) is 22.4 Å². The van der Waals surface area contributed by atoms with Crippen LogP contribution in [-0.2, 0) is 19.7 Å². The minimum atomic E-state index is -3.95. The van der Waals surface area contributed by atoms with Gasteiger partial charge >= 0.3 is 5.97 Å². The number of rotatable bonds is 4. The maximum atomic E-state index is 13.3. The Labute approximate surface area is 175 Å². The number of thiophene rings is 1. The molecule has 1 amide bonds. The Kier molecular flexibility index (Phi) is 6.24. The predicted molar refractivity (Wildman–Crippen MR) is 107 cm³/mol. The van der Waals surface area contributed by atoms with E-state index in [2.05, 4.69) is 14.8 Å². The third-order valence-corrected chi connectivity index (χ3v) is 7.37. The van der Waals surface area contributed by atoms with E-state index in [1.807, 2.05) is 0 Å². The number of ether oxygens (including phenoxy) is 1. The lowest BCUT2D eigenvalue weighted by atomic mass is 10.0. The van der Waals surface area contributed by atoms with Gasteiger partial charge in [-0.05, 0) is 30.7 Å². The first kappa shape index (κ1) is 21.7. The van der Waals surface area contributed by atoms with Gasteiger partial charge < -0.3 is 10.1 Å². The second-order valence-electron chi connectivity index (χ2n) is 6.29. The molecular weight excluding hydrogens is 445 g/mol. The van der Waals surface area contributed by atoms with Gasteiger partial charge in [0.05, 0.1) is 23.7 Å². The molecule has 0 bridgehead atoms. The van der Waals surface area contributed by atoms with Crippen LogP contribution in [0.4, 0.5) is 10.1 Å². The largest absolute Gasteiger partial charge is 0.465 e. The van der Waals surface area contributed by atoms with Crippen molar-refractivity contribution in [3.63, 3.8) is 0 Å². The average molecular weight is 462 g/mol. The molecule has 3 rings (SSSR count). The van der Waals surface area contributed by atoms with Gasteiger partial charge in [0.15, 0.2) is 0 Å². The first-order valence-electron chi connectivity index (χ1n) is 8.30. The van der Waals surface area contributed by atoms with Gasteiger partial charge in [-0.25, -0.2) is 9.18 Å². The second-order valence-corrected chi connectivity index (χ2v) is 9.40. The summed E-state index contributed by atoms with van der Waals surface area (Å²) in [5, 5.41) is 3.95. The van der Waals surface area contributed by atoms with Crippen LogP contribution in [0.25, 0.3) is 0 Å². The number of methoxy groups -OCH3 is 1. The van der Waals surface area contributed by atoms with Crippen molar-refractivity contribution >= 4 is 50.7 Å². The van der Waals surface area contributed by atoms with Crippen molar-refractivity contribution in [2.45, 2.75) is 18.5 Å². The number of carbonyl (C=O) groups is 2. The number of nitrogens with zero attached hydrogens (tertiary/aromatic N) is 1. The number of carbonyl (C=O) groups excluding carboxylic acids is 2. The van der Waals surface area contributed by atoms with Gasteiger partial charge in [-0.15, -0.1) is 11.3 Å². The number of anilines is 1. The van der Waals surface area contributed by atoms with Crippen LogP contribution in [0.5, 0.6) is 0 Å². The Balaban J connectivity index is 1.83. The highest BCUT2D eigenvalue weighted by Gasteiger charge is 2.41. The van der Waals surface area contributed by atoms with Crippen LogP contribution in [0.15, 0.2) is 29.6 Å². The maximum absolute atomic E-state index is 13.3. The average Bonchev–Trinajstić information content (AvgIpc) is 3.16. The molecule has 0 spiro atoms. The van der Waals surface area contributed by atoms with E-state index >= 15 is 0 Å². The number of amides is 1. The summed E-state index contributed by atoms with van der Waals surface area (Å²) < 4.78 is 46.4. The molecule has 1 aliphatic heterocycles. The highest BCUT2D eigenvalue weighted by Crippen LogP contribution is 2.32. The number of hydrogen-bond acceptors (Lipinski definition) is 6. The van der Waals surface area contributed by atoms with Crippen molar-refractivity contribution in [1.29, 1.82) is 0 Å². The summed E-state index contributed by atoms with van der Waals surface area (Å²) in [5.41, 5.74) is 0.541. The van der Waals surface area contributed by atoms with Crippen LogP contribution < -0.4 is 10.0 Å². The Morgan fingerprint density at radius 3 is 2.76 bits per heavy atom. The van der Waals surface area contributed by atoms with Gasteiger partial charge in [0, 0.05) is 23.0 Å². The Morgan fingerprint density at radius 2 is 2.10 bits per heavy atom. The minimum Gasteiger partial charge on any atom is -0.465 e. The number of benzene rings is 1. The van der Waals surface area contributed by atoms with Gasteiger partial charge in [0.1, 0.15) is 11.9 Å². The topological polar surface area (TPSA) is 105 Å². The van der Waals surface area contributed by atoms with Gasteiger partial charge in [-0.3, -0.25) is 4.79 Å². The van der Waals surface area contributed by atoms with E-state index < -0.39 is 40.0 Å². The Morgan fingerprint density at radius 1 is 1.38 bits per heavy atom. The van der Waals surface area contributed by atoms with Crippen molar-refractivity contribution < 1.29 is 27.1 Å². The number of halogens is 2. The number of hydrogen-bond donors (Lipinski definition) is 2. The van der Waals surface area contributed by atoms with E-state index in [1.165, 1.54) is 43.7 Å². The van der Waals surface area contributed by atoms with Crippen molar-refractivity contribution in [3.05, 3.63) is 50.9 Å². The molecule has 2 N–H and O–H groups in total. The van der Waals surface area contributed by atoms with Crippen LogP contribution in [0.1, 0.15) is 27.7 Å². The van der Waals surface area contributed by atoms with E-state index in [0.717, 1.165) is 10.4 Å². The fourth-order valence-electron chi connectivity index (χ4n) is 2.86. The highest BCUT2D eigenvalue weighted by molar-refractivity contribution is 7.87. The molecular formula is C17H17ClFN3O5S2. The standard InChI is InChI=1S/C17H17ClFN3O5S2/c1-22-14(16(23)20-10-3-4-12(19)11(18)6-10)7-13(21-29(22,25)26)15-5-9(8-28-15)17(24)27-2/h3-6,8,13-14,21H,7H2,1-2H3,(H,20,23). The molecule has 1 aromatic heterocycles. The molecule has 2 atom stereocenters. The van der Waals surface area contributed by atoms with E-state index in [4.69, 9.17) is 11.6 Å². The summed E-state index contributed by atoms with van der Waals surface area (Å²) in [6, 6.07) is 3.47. The first-order valence-corrected chi connectivity index (χ1v) is 11.0. The third kappa shape index (κ3) is 4.59. The van der Waals surface area contributed by atoms with E-state index in [1.54, 1.807) is 5.38 Å². The molecule has 12 heteroatoms. The van der Waals surface area contributed by atoms with Gasteiger partial charge in [-0.1, -0.05) is 11.6 Å². The van der Waals surface area contributed by atoms with Crippen molar-refractivity contribution in [1.82, 2.24) is 9.03 Å². The summed E-state index contributed by atoms with van der Waals surface area (Å²) in [6.07, 6.45) is 0.123. The quantitative estimate of drug-likeness (QED) is 0.681. The zero-order chi connectivity index (χ0) is 21.3. The molecule has 0 saturated carbocycles. The maximum Gasteiger partial charge on any atom is 0.338 e. The molecule has 1 aliphatic rings. The summed E-state index contributed by atoms with van der Waals surface area (Å²) in [7, 11) is -1.41. The molecule has 8 nitrogen and oxygen atoms in total. The minimum absolute atomic E-state index is 0.123. The van der Waals surface area contributed by atoms with E-state index in [0.29, 0.717) is 10.4 Å². The molecule has 1 fully saturated rings. The summed E-state index contributed by atoms with van der Waals surface area (Å²) >= 11 is 6.91. The fourth-order valence-corrected chi connectivity index (χ4v) is 5.32. The van der Waals surface area contributed by atoms with Crippen LogP contribution in [0.3, 0.4) is 0 Å². The van der Waals surface area contributed by atoms with Crippen molar-refractivity contribution in [2.24, 2.45) is 0 Å². The van der Waals surface area contributed by atoms with Crippen LogP contribution in [-0.4, -0.2) is 44.8 Å². The van der Waals surface area contributed by atoms with E-state index in [-0.39, 0.29) is 17.1 Å². The monoisotopic (exact) mass is 461 g/mol. The molecule has 0 radical (unpaired) electrons. The zero-order valence-corrected chi connectivity index (χ0v) is 17.7. The second kappa shape index (κ2) is 8.36. The lowest BCUT2D eigenvalue weighted by Gasteiger charge is -2.35. The smallest absolute Gasteiger partial charge is 0.338 e. The molecule has 1 saturated heterocycles. The van der Waals surface area contributed by atoms with Gasteiger partial charge in [0.25, 0.3) is 10.2 Å². The third-order valence-electron chi connectivity index (χ3n) is 4.44. The summed E-state index contributed by atoms with van der Waals surface area (Å²) in [4.78, 5) is 25.0. The van der Waals surface area contributed by atoms with Crippen LogP contribution >= 0.6 is 22.9 Å². The van der Waals surface area contributed by atoms with Gasteiger partial charge in [-0.2, -0.15) is 17.4 Å². The summed E-state index contributed by atoms with van der Waals surface area (Å²) in [6.45, 7) is 0. The molecule has 2 aromatic rings. The first-order chi connectivity index (χ1) is 13.6. The molecule has 156 valence electrons. The number of likely N-dealkylation sites (N-methyl/N-ethyl adjacent to an activating group) is 1. The Bertz CT molecular complexity index is 1060. The number of nitrogens with one attached hydrogen (secondary N) is 2. The van der Waals surface area contributed by atoms with Gasteiger partial charge in [0.2, 0.25) is 5.91 Å². The predicted octanol–water partition coefficient (Wildman–Crippen LogP) is 2.55. The van der Waals surface area contributed by atoms with Crippen molar-refractivity contribution in [2.75, 3.05) is 19.5 Å². The SMILES string of the molecule is COC(=O)c1csc(C2CC(C(=O)Nc3ccc(F)c(Cl)c3)N(C)S(=O)(=O)N2)c1. The zero-order valence-electron chi connectivity index (χ0n) is 15.3. The molecule has 29 heavy (non-hydrogen) atoms. The lowest BCUT2D eigenvalue weighted by molar-refractivity contribution is -0.120. The van der Waals surface area contributed by atoms with Crippen molar-refractivity contribution in [3.8, 4) is 0 Å². The Hall–Kier alpha value is -2.05. The number of esters is 1. The molecule has 2 unspecified atom stereocenters. The summed E-state index contributed by atoms with van der Waals surface area (Å²) in [5.74, 6) is -1.76. The fraction of sp³-hybridized carbons (Fsp3) is 0.294. The molecule has 2 heterocycles. The molecule has 0 aliphatic carbocycles. The molecule has 1 aromatic carbocycles. The lowest BCUT2D eigenvalue weighted by Crippen LogP contribution is -2.55. The normalized spacial score (nSPS) is 21.5. The highest BCUT2D eigenvalue weighted by atomic mass is 35.5. The van der Waals surface area contributed by atoms with Crippen LogP contribution in [0, 0.1) is 5.82 Å². The van der Waals surface area contributed by atoms with Crippen LogP contribution in [0.2, 0.25) is 5.02 Å².